The molecule has 3 rings (SSSR count). The van der Waals surface area contributed by atoms with Crippen molar-refractivity contribution in [3.63, 3.8) is 0 Å². The predicted molar refractivity (Wildman–Crippen MR) is 85.3 cm³/mol. The molecule has 2 N–H and O–H groups in total. The van der Waals surface area contributed by atoms with Gasteiger partial charge in [-0.1, -0.05) is 15.9 Å². The summed E-state index contributed by atoms with van der Waals surface area (Å²) in [7, 11) is 3.52. The molecule has 3 aromatic rings. The maximum atomic E-state index is 12.0. The Morgan fingerprint density at radius 3 is 2.38 bits per heavy atom. The first-order chi connectivity index (χ1) is 9.90. The van der Waals surface area contributed by atoms with Crippen LogP contribution >= 0.6 is 15.9 Å². The third-order valence-corrected chi connectivity index (χ3v) is 4.52. The number of hydrogen-bond acceptors (Lipinski definition) is 3. The van der Waals surface area contributed by atoms with Crippen LogP contribution < -0.4 is 11.4 Å². The number of rotatable bonds is 2. The summed E-state index contributed by atoms with van der Waals surface area (Å²) in [5.74, 6) is 0.824. The Morgan fingerprint density at radius 2 is 1.81 bits per heavy atom. The van der Waals surface area contributed by atoms with Gasteiger partial charge in [0, 0.05) is 24.1 Å². The fourth-order valence-corrected chi connectivity index (χ4v) is 3.16. The van der Waals surface area contributed by atoms with E-state index in [9.17, 15) is 4.79 Å². The molecular weight excluding hydrogens is 334 g/mol. The lowest BCUT2D eigenvalue weighted by molar-refractivity contribution is 0.530. The lowest BCUT2D eigenvalue weighted by atomic mass is 10.0. The number of aryl methyl sites for hydroxylation is 3. The molecule has 0 saturated carbocycles. The van der Waals surface area contributed by atoms with E-state index in [0.717, 1.165) is 32.4 Å². The van der Waals surface area contributed by atoms with Gasteiger partial charge in [0.2, 0.25) is 0 Å². The average Bonchev–Trinajstić information content (AvgIpc) is 2.97. The van der Waals surface area contributed by atoms with Crippen molar-refractivity contribution in [2.45, 2.75) is 13.0 Å². The summed E-state index contributed by atoms with van der Waals surface area (Å²) < 4.78 is 9.45. The number of aromatic nitrogens is 2. The van der Waals surface area contributed by atoms with Gasteiger partial charge < -0.3 is 10.2 Å². The molecule has 0 bridgehead atoms. The molecule has 0 amide bonds. The number of nitrogens with two attached hydrogens (primary N) is 1. The van der Waals surface area contributed by atoms with Crippen LogP contribution in [0.4, 0.5) is 0 Å². The smallest absolute Gasteiger partial charge is 0.328 e. The molecule has 6 heteroatoms. The molecule has 110 valence electrons. The van der Waals surface area contributed by atoms with E-state index in [4.69, 9.17) is 10.2 Å². The molecule has 1 aromatic carbocycles. The molecule has 2 heterocycles. The normalized spacial score (nSPS) is 13.0. The highest BCUT2D eigenvalue weighted by Gasteiger charge is 2.18. The highest BCUT2D eigenvalue weighted by molar-refractivity contribution is 9.10. The van der Waals surface area contributed by atoms with E-state index in [1.165, 1.54) is 0 Å². The molecule has 0 aliphatic rings. The standard InChI is InChI=1S/C15H16BrN3O2/c1-8-4-9(7-21-8)14(17)10-5-12-13(6-11(10)16)19(3)15(20)18(12)2/h4-7,14H,17H2,1-3H3. The first-order valence-electron chi connectivity index (χ1n) is 6.55. The fourth-order valence-electron chi connectivity index (χ4n) is 2.58. The molecule has 0 fully saturated rings. The average molecular weight is 350 g/mol. The summed E-state index contributed by atoms with van der Waals surface area (Å²) in [5, 5.41) is 0. The molecule has 0 aliphatic heterocycles. The summed E-state index contributed by atoms with van der Waals surface area (Å²) >= 11 is 3.55. The van der Waals surface area contributed by atoms with Crippen molar-refractivity contribution in [2.24, 2.45) is 19.8 Å². The number of hydrogen-bond donors (Lipinski definition) is 1. The lowest BCUT2D eigenvalue weighted by Crippen LogP contribution is -2.19. The quantitative estimate of drug-likeness (QED) is 0.773. The topological polar surface area (TPSA) is 66.1 Å². The van der Waals surface area contributed by atoms with Crippen molar-refractivity contribution in [3.8, 4) is 0 Å². The van der Waals surface area contributed by atoms with E-state index < -0.39 is 0 Å². The maximum Gasteiger partial charge on any atom is 0.328 e. The third-order valence-electron chi connectivity index (χ3n) is 3.84. The second kappa shape index (κ2) is 4.89. The zero-order valence-corrected chi connectivity index (χ0v) is 13.6. The number of halogens is 1. The summed E-state index contributed by atoms with van der Waals surface area (Å²) in [5.41, 5.74) is 9.84. The van der Waals surface area contributed by atoms with E-state index in [1.807, 2.05) is 25.1 Å². The zero-order valence-electron chi connectivity index (χ0n) is 12.1. The van der Waals surface area contributed by atoms with Crippen LogP contribution in [-0.4, -0.2) is 9.13 Å². The molecular formula is C15H16BrN3O2. The molecule has 0 aliphatic carbocycles. The Balaban J connectivity index is 2.21. The molecule has 1 atom stereocenters. The summed E-state index contributed by atoms with van der Waals surface area (Å²) in [6, 6.07) is 5.49. The molecule has 0 spiro atoms. The van der Waals surface area contributed by atoms with Gasteiger partial charge in [0.15, 0.2) is 0 Å². The molecule has 0 radical (unpaired) electrons. The van der Waals surface area contributed by atoms with Crippen LogP contribution in [0.15, 0.2) is 38.1 Å². The van der Waals surface area contributed by atoms with E-state index in [1.54, 1.807) is 29.5 Å². The minimum Gasteiger partial charge on any atom is -0.469 e. The number of imidazole rings is 1. The van der Waals surface area contributed by atoms with Crippen LogP contribution in [0, 0.1) is 6.92 Å². The minimum atomic E-state index is -0.309. The zero-order chi connectivity index (χ0) is 15.3. The molecule has 0 saturated heterocycles. The monoisotopic (exact) mass is 349 g/mol. The summed E-state index contributed by atoms with van der Waals surface area (Å²) in [6.45, 7) is 1.88. The fraction of sp³-hybridized carbons (Fsp3) is 0.267. The Morgan fingerprint density at radius 1 is 1.19 bits per heavy atom. The Kier molecular flexibility index (Phi) is 3.30. The van der Waals surface area contributed by atoms with Crippen LogP contribution in [0.3, 0.4) is 0 Å². The van der Waals surface area contributed by atoms with Crippen molar-refractivity contribution in [2.75, 3.05) is 0 Å². The molecule has 5 nitrogen and oxygen atoms in total. The van der Waals surface area contributed by atoms with Gasteiger partial charge in [0.25, 0.3) is 0 Å². The number of furan rings is 1. The summed E-state index contributed by atoms with van der Waals surface area (Å²) in [6.07, 6.45) is 1.67. The largest absolute Gasteiger partial charge is 0.469 e. The highest BCUT2D eigenvalue weighted by atomic mass is 79.9. The van der Waals surface area contributed by atoms with Crippen molar-refractivity contribution < 1.29 is 4.42 Å². The first kappa shape index (κ1) is 14.2. The Labute approximate surface area is 130 Å². The van der Waals surface area contributed by atoms with E-state index in [0.29, 0.717) is 0 Å². The van der Waals surface area contributed by atoms with Gasteiger partial charge in [-0.15, -0.1) is 0 Å². The van der Waals surface area contributed by atoms with Crippen molar-refractivity contribution in [1.29, 1.82) is 0 Å². The van der Waals surface area contributed by atoms with E-state index in [-0.39, 0.29) is 11.7 Å². The van der Waals surface area contributed by atoms with Crippen molar-refractivity contribution in [1.82, 2.24) is 9.13 Å². The van der Waals surface area contributed by atoms with Crippen molar-refractivity contribution in [3.05, 3.63) is 56.3 Å². The van der Waals surface area contributed by atoms with Gasteiger partial charge in [-0.3, -0.25) is 9.13 Å². The second-order valence-corrected chi connectivity index (χ2v) is 6.09. The van der Waals surface area contributed by atoms with Gasteiger partial charge in [-0.2, -0.15) is 0 Å². The van der Waals surface area contributed by atoms with Gasteiger partial charge >= 0.3 is 5.69 Å². The molecule has 1 unspecified atom stereocenters. The number of benzene rings is 1. The number of nitrogens with zero attached hydrogens (tertiary/aromatic N) is 2. The van der Waals surface area contributed by atoms with Gasteiger partial charge in [0.05, 0.1) is 23.3 Å². The highest BCUT2D eigenvalue weighted by Crippen LogP contribution is 2.31. The van der Waals surface area contributed by atoms with E-state index in [2.05, 4.69) is 15.9 Å². The maximum absolute atomic E-state index is 12.0. The van der Waals surface area contributed by atoms with Gasteiger partial charge in [-0.05, 0) is 30.7 Å². The van der Waals surface area contributed by atoms with Crippen LogP contribution in [0.2, 0.25) is 0 Å². The minimum absolute atomic E-state index is 0.0539. The molecule has 21 heavy (non-hydrogen) atoms. The predicted octanol–water partition coefficient (Wildman–Crippen LogP) is 2.59. The van der Waals surface area contributed by atoms with Gasteiger partial charge in [0.1, 0.15) is 5.76 Å². The Hall–Kier alpha value is -1.79. The number of fused-ring (bicyclic) bond motifs is 1. The summed E-state index contributed by atoms with van der Waals surface area (Å²) in [4.78, 5) is 12.0. The first-order valence-corrected chi connectivity index (χ1v) is 7.35. The second-order valence-electron chi connectivity index (χ2n) is 5.23. The Bertz CT molecular complexity index is 888. The van der Waals surface area contributed by atoms with Crippen molar-refractivity contribution >= 4 is 27.0 Å². The lowest BCUT2D eigenvalue weighted by Gasteiger charge is -2.13. The molecule has 2 aromatic heterocycles. The van der Waals surface area contributed by atoms with Crippen LogP contribution in [0.25, 0.3) is 11.0 Å². The van der Waals surface area contributed by atoms with E-state index >= 15 is 0 Å². The van der Waals surface area contributed by atoms with Crippen LogP contribution in [-0.2, 0) is 14.1 Å². The SMILES string of the molecule is Cc1cc(C(N)c2cc3c(cc2Br)n(C)c(=O)n3C)co1. The van der Waals surface area contributed by atoms with Crippen LogP contribution in [0.1, 0.15) is 22.9 Å². The third kappa shape index (κ3) is 2.15. The van der Waals surface area contributed by atoms with Crippen LogP contribution in [0.5, 0.6) is 0 Å². The van der Waals surface area contributed by atoms with Gasteiger partial charge in [-0.25, -0.2) is 4.79 Å².